The summed E-state index contributed by atoms with van der Waals surface area (Å²) in [7, 11) is 3.24. The predicted molar refractivity (Wildman–Crippen MR) is 151 cm³/mol. The van der Waals surface area contributed by atoms with Crippen molar-refractivity contribution in [2.24, 2.45) is 0 Å². The van der Waals surface area contributed by atoms with Gasteiger partial charge in [-0.05, 0) is 66.8 Å². The van der Waals surface area contributed by atoms with E-state index in [1.54, 1.807) is 14.2 Å². The standard InChI is InChI=1S/C33H33NO6/c1-21-30(33(36)40-18-17-39-27-7-5-4-6-8-27)31(23-11-15-26(38-3)16-12-23)32-28(34-21)19-24(20-29(32)35)22-9-13-25(37-2)14-10-22/h4-16,24,31,34H,17-20H2,1-3H3/t24-,31+/m1/s1. The number of rotatable bonds is 9. The largest absolute Gasteiger partial charge is 0.497 e. The summed E-state index contributed by atoms with van der Waals surface area (Å²) in [5, 5.41) is 3.40. The number of para-hydroxylation sites is 1. The topological polar surface area (TPSA) is 83.1 Å². The van der Waals surface area contributed by atoms with Crippen molar-refractivity contribution < 1.29 is 28.5 Å². The molecule has 0 saturated carbocycles. The summed E-state index contributed by atoms with van der Waals surface area (Å²) in [6.45, 7) is 2.16. The highest BCUT2D eigenvalue weighted by atomic mass is 16.6. The highest BCUT2D eigenvalue weighted by Crippen LogP contribution is 2.46. The third-order valence-corrected chi connectivity index (χ3v) is 7.41. The molecule has 0 spiro atoms. The van der Waals surface area contributed by atoms with Crippen molar-refractivity contribution in [2.75, 3.05) is 27.4 Å². The number of hydrogen-bond acceptors (Lipinski definition) is 7. The second kappa shape index (κ2) is 12.1. The Kier molecular flexibility index (Phi) is 8.20. The van der Waals surface area contributed by atoms with E-state index in [-0.39, 0.29) is 24.9 Å². The van der Waals surface area contributed by atoms with Gasteiger partial charge in [0.2, 0.25) is 0 Å². The Hall–Kier alpha value is -4.52. The van der Waals surface area contributed by atoms with E-state index in [0.29, 0.717) is 41.2 Å². The van der Waals surface area contributed by atoms with Crippen molar-refractivity contribution in [3.05, 3.63) is 113 Å². The number of carbonyl (C=O) groups is 2. The van der Waals surface area contributed by atoms with Crippen LogP contribution in [0.5, 0.6) is 17.2 Å². The molecule has 0 saturated heterocycles. The van der Waals surface area contributed by atoms with Crippen LogP contribution in [0.2, 0.25) is 0 Å². The Morgan fingerprint density at radius 2 is 1.43 bits per heavy atom. The zero-order valence-corrected chi connectivity index (χ0v) is 22.9. The molecule has 5 rings (SSSR count). The molecule has 206 valence electrons. The molecule has 1 heterocycles. The second-order valence-electron chi connectivity index (χ2n) is 9.86. The monoisotopic (exact) mass is 539 g/mol. The maximum atomic E-state index is 13.8. The first-order chi connectivity index (χ1) is 19.5. The Bertz CT molecular complexity index is 1420. The molecule has 0 bridgehead atoms. The van der Waals surface area contributed by atoms with E-state index in [0.717, 1.165) is 22.6 Å². The number of Topliss-reactive ketones (excluding diaryl/α,β-unsaturated/α-hetero) is 1. The minimum absolute atomic E-state index is 0.0144. The Labute approximate surface area is 234 Å². The molecule has 2 aliphatic rings. The molecule has 0 fully saturated rings. The molecule has 7 nitrogen and oxygen atoms in total. The first-order valence-electron chi connectivity index (χ1n) is 13.4. The molecule has 1 N–H and O–H groups in total. The van der Waals surface area contributed by atoms with Crippen molar-refractivity contribution in [3.63, 3.8) is 0 Å². The summed E-state index contributed by atoms with van der Waals surface area (Å²) in [6.07, 6.45) is 1.01. The van der Waals surface area contributed by atoms with E-state index in [4.69, 9.17) is 18.9 Å². The third kappa shape index (κ3) is 5.73. The van der Waals surface area contributed by atoms with Crippen LogP contribution in [-0.2, 0) is 14.3 Å². The van der Waals surface area contributed by atoms with Crippen LogP contribution >= 0.6 is 0 Å². The van der Waals surface area contributed by atoms with Crippen LogP contribution in [0.15, 0.2) is 101 Å². The van der Waals surface area contributed by atoms with Gasteiger partial charge in [-0.3, -0.25) is 4.79 Å². The van der Waals surface area contributed by atoms with E-state index < -0.39 is 11.9 Å². The maximum Gasteiger partial charge on any atom is 0.336 e. The van der Waals surface area contributed by atoms with Gasteiger partial charge in [-0.1, -0.05) is 42.5 Å². The number of methoxy groups -OCH3 is 2. The normalized spacial score (nSPS) is 18.5. The van der Waals surface area contributed by atoms with E-state index in [1.165, 1.54) is 0 Å². The first-order valence-corrected chi connectivity index (χ1v) is 13.4. The Balaban J connectivity index is 1.41. The van der Waals surface area contributed by atoms with Gasteiger partial charge in [0.05, 0.1) is 19.8 Å². The molecule has 7 heteroatoms. The fourth-order valence-electron chi connectivity index (χ4n) is 5.44. The van der Waals surface area contributed by atoms with Crippen molar-refractivity contribution in [1.29, 1.82) is 0 Å². The number of allylic oxidation sites excluding steroid dienone is 3. The molecule has 0 aromatic heterocycles. The summed E-state index contributed by atoms with van der Waals surface area (Å²) < 4.78 is 22.0. The lowest BCUT2D eigenvalue weighted by molar-refractivity contribution is -0.140. The summed E-state index contributed by atoms with van der Waals surface area (Å²) in [6, 6.07) is 24.7. The van der Waals surface area contributed by atoms with Crippen molar-refractivity contribution in [1.82, 2.24) is 5.32 Å². The molecular weight excluding hydrogens is 506 g/mol. The minimum Gasteiger partial charge on any atom is -0.497 e. The molecule has 40 heavy (non-hydrogen) atoms. The molecule has 0 radical (unpaired) electrons. The Morgan fingerprint density at radius 1 is 0.800 bits per heavy atom. The van der Waals surface area contributed by atoms with Crippen LogP contribution in [-0.4, -0.2) is 39.2 Å². The van der Waals surface area contributed by atoms with E-state index >= 15 is 0 Å². The number of ether oxygens (including phenoxy) is 4. The fourth-order valence-corrected chi connectivity index (χ4v) is 5.44. The maximum absolute atomic E-state index is 13.8. The number of dihydropyridines is 1. The average molecular weight is 540 g/mol. The Morgan fingerprint density at radius 3 is 2.05 bits per heavy atom. The molecule has 1 aliphatic heterocycles. The summed E-state index contributed by atoms with van der Waals surface area (Å²) in [5.41, 5.74) is 4.48. The zero-order valence-electron chi connectivity index (χ0n) is 22.9. The number of benzene rings is 3. The van der Waals surface area contributed by atoms with E-state index in [2.05, 4.69) is 5.32 Å². The molecule has 3 aromatic carbocycles. The van der Waals surface area contributed by atoms with Gasteiger partial charge in [-0.25, -0.2) is 4.79 Å². The van der Waals surface area contributed by atoms with Crippen LogP contribution in [0.4, 0.5) is 0 Å². The predicted octanol–water partition coefficient (Wildman–Crippen LogP) is 5.69. The molecule has 0 unspecified atom stereocenters. The lowest BCUT2D eigenvalue weighted by Gasteiger charge is -2.36. The van der Waals surface area contributed by atoms with Gasteiger partial charge in [0.25, 0.3) is 0 Å². The van der Waals surface area contributed by atoms with Crippen molar-refractivity contribution >= 4 is 11.8 Å². The number of esters is 1. The van der Waals surface area contributed by atoms with Crippen LogP contribution in [0.25, 0.3) is 0 Å². The summed E-state index contributed by atoms with van der Waals surface area (Å²) in [5.74, 6) is 1.20. The van der Waals surface area contributed by atoms with Gasteiger partial charge >= 0.3 is 5.97 Å². The first kappa shape index (κ1) is 27.1. The van der Waals surface area contributed by atoms with Gasteiger partial charge in [0, 0.05) is 29.3 Å². The zero-order chi connectivity index (χ0) is 28.1. The van der Waals surface area contributed by atoms with E-state index in [9.17, 15) is 9.59 Å². The lowest BCUT2D eigenvalue weighted by atomic mass is 9.71. The second-order valence-corrected chi connectivity index (χ2v) is 9.86. The number of nitrogens with one attached hydrogen (secondary N) is 1. The van der Waals surface area contributed by atoms with E-state index in [1.807, 2.05) is 85.8 Å². The minimum atomic E-state index is -0.547. The summed E-state index contributed by atoms with van der Waals surface area (Å²) in [4.78, 5) is 27.3. The number of hydrogen-bond donors (Lipinski definition) is 1. The van der Waals surface area contributed by atoms with Crippen LogP contribution < -0.4 is 19.5 Å². The highest BCUT2D eigenvalue weighted by molar-refractivity contribution is 6.04. The van der Waals surface area contributed by atoms with Crippen molar-refractivity contribution in [3.8, 4) is 17.2 Å². The van der Waals surface area contributed by atoms with Crippen molar-refractivity contribution in [2.45, 2.75) is 31.6 Å². The van der Waals surface area contributed by atoms with Crippen LogP contribution in [0.3, 0.4) is 0 Å². The quantitative estimate of drug-likeness (QED) is 0.276. The third-order valence-electron chi connectivity index (χ3n) is 7.41. The lowest BCUT2D eigenvalue weighted by Crippen LogP contribution is -2.36. The van der Waals surface area contributed by atoms with Gasteiger partial charge in [0.15, 0.2) is 5.78 Å². The summed E-state index contributed by atoms with van der Waals surface area (Å²) >= 11 is 0. The van der Waals surface area contributed by atoms with Crippen LogP contribution in [0.1, 0.15) is 42.7 Å². The van der Waals surface area contributed by atoms with Crippen LogP contribution in [0, 0.1) is 0 Å². The molecule has 1 aliphatic carbocycles. The molecule has 0 amide bonds. The number of carbonyl (C=O) groups excluding carboxylic acids is 2. The fraction of sp³-hybridized carbons (Fsp3) is 0.273. The SMILES string of the molecule is COc1ccc([C@H]2CC(=O)C3=C(C2)NC(C)=C(C(=O)OCCOc2ccccc2)[C@@H]3c2ccc(OC)cc2)cc1. The average Bonchev–Trinajstić information content (AvgIpc) is 2.99. The van der Waals surface area contributed by atoms with Gasteiger partial charge in [0.1, 0.15) is 30.5 Å². The smallest absolute Gasteiger partial charge is 0.336 e. The van der Waals surface area contributed by atoms with Gasteiger partial charge in [-0.15, -0.1) is 0 Å². The number of ketones is 1. The molecular formula is C33H33NO6. The highest BCUT2D eigenvalue weighted by Gasteiger charge is 2.41. The molecule has 2 atom stereocenters. The molecule has 3 aromatic rings. The van der Waals surface area contributed by atoms with Gasteiger partial charge in [-0.2, -0.15) is 0 Å². The van der Waals surface area contributed by atoms with Gasteiger partial charge < -0.3 is 24.3 Å².